The summed E-state index contributed by atoms with van der Waals surface area (Å²) >= 11 is 0. The predicted octanol–water partition coefficient (Wildman–Crippen LogP) is 4.03. The van der Waals surface area contributed by atoms with Crippen molar-refractivity contribution in [1.29, 1.82) is 0 Å². The summed E-state index contributed by atoms with van der Waals surface area (Å²) in [6.07, 6.45) is 2.30. The van der Waals surface area contributed by atoms with Crippen molar-refractivity contribution >= 4 is 34.3 Å². The zero-order valence-electron chi connectivity index (χ0n) is 24.3. The molecule has 1 aromatic heterocycles. The average Bonchev–Trinajstić information content (AvgIpc) is 3.42. The number of amides is 2. The lowest BCUT2D eigenvalue weighted by atomic mass is 9.74. The average molecular weight is 582 g/mol. The van der Waals surface area contributed by atoms with Crippen molar-refractivity contribution in [1.82, 2.24) is 14.7 Å². The summed E-state index contributed by atoms with van der Waals surface area (Å²) in [5.41, 5.74) is 9.50. The SMILES string of the molecule is COc1ccc(CC(=O)Nc2ccc3c(c(C(N)=O)nn3C(=O)Cc3ccc(OC)cc3)c2[C@H]2CN3CCC2CC3)cc1. The molecule has 222 valence electrons. The summed E-state index contributed by atoms with van der Waals surface area (Å²) in [5, 5.41) is 8.13. The van der Waals surface area contributed by atoms with Crippen LogP contribution in [0.25, 0.3) is 10.9 Å². The van der Waals surface area contributed by atoms with Gasteiger partial charge in [0, 0.05) is 23.5 Å². The van der Waals surface area contributed by atoms with Gasteiger partial charge in [0.05, 0.1) is 32.6 Å². The fourth-order valence-corrected chi connectivity index (χ4v) is 6.50. The first-order chi connectivity index (χ1) is 20.8. The van der Waals surface area contributed by atoms with Crippen molar-refractivity contribution in [3.8, 4) is 11.5 Å². The van der Waals surface area contributed by atoms with Crippen LogP contribution in [0, 0.1) is 5.92 Å². The van der Waals surface area contributed by atoms with Gasteiger partial charge in [0.2, 0.25) is 5.91 Å². The highest BCUT2D eigenvalue weighted by Crippen LogP contribution is 2.45. The lowest BCUT2D eigenvalue weighted by molar-refractivity contribution is -0.115. The minimum Gasteiger partial charge on any atom is -0.497 e. The Hall–Kier alpha value is -4.70. The number of fused-ring (bicyclic) bond motifs is 4. The Balaban J connectivity index is 1.40. The van der Waals surface area contributed by atoms with Crippen molar-refractivity contribution in [3.05, 3.63) is 83.0 Å². The van der Waals surface area contributed by atoms with Gasteiger partial charge in [0.1, 0.15) is 11.5 Å². The number of piperidine rings is 3. The van der Waals surface area contributed by atoms with Crippen LogP contribution in [0.5, 0.6) is 11.5 Å². The molecule has 3 aliphatic heterocycles. The predicted molar refractivity (Wildman–Crippen MR) is 163 cm³/mol. The van der Waals surface area contributed by atoms with Crippen LogP contribution < -0.4 is 20.5 Å². The zero-order valence-corrected chi connectivity index (χ0v) is 24.3. The molecule has 3 saturated heterocycles. The van der Waals surface area contributed by atoms with Crippen LogP contribution in [0.4, 0.5) is 5.69 Å². The van der Waals surface area contributed by atoms with Crippen LogP contribution in [0.3, 0.4) is 0 Å². The highest BCUT2D eigenvalue weighted by atomic mass is 16.5. The van der Waals surface area contributed by atoms with Gasteiger partial charge in [-0.2, -0.15) is 9.78 Å². The van der Waals surface area contributed by atoms with Crippen LogP contribution in [0.1, 0.15) is 50.7 Å². The van der Waals surface area contributed by atoms with E-state index >= 15 is 0 Å². The molecule has 0 spiro atoms. The van der Waals surface area contributed by atoms with Crippen LogP contribution in [0.2, 0.25) is 0 Å². The molecule has 0 radical (unpaired) electrons. The molecule has 0 aliphatic carbocycles. The molecule has 10 nitrogen and oxygen atoms in total. The van der Waals surface area contributed by atoms with E-state index < -0.39 is 5.91 Å². The smallest absolute Gasteiger partial charge is 0.269 e. The molecule has 2 amide bonds. The minimum atomic E-state index is -0.717. The maximum atomic E-state index is 13.6. The molecule has 7 rings (SSSR count). The van der Waals surface area contributed by atoms with Crippen LogP contribution in [-0.2, 0) is 17.6 Å². The molecule has 10 heteroatoms. The molecule has 43 heavy (non-hydrogen) atoms. The first kappa shape index (κ1) is 28.4. The van der Waals surface area contributed by atoms with E-state index in [0.717, 1.165) is 54.9 Å². The number of nitrogens with two attached hydrogens (primary N) is 1. The third-order valence-corrected chi connectivity index (χ3v) is 8.70. The third kappa shape index (κ3) is 5.70. The quantitative estimate of drug-likeness (QED) is 0.305. The topological polar surface area (TPSA) is 129 Å². The Kier molecular flexibility index (Phi) is 7.86. The molecule has 4 aromatic rings. The number of primary amides is 1. The van der Waals surface area contributed by atoms with Crippen LogP contribution in [-0.4, -0.2) is 66.3 Å². The zero-order chi connectivity index (χ0) is 30.1. The van der Waals surface area contributed by atoms with Gasteiger partial charge in [-0.25, -0.2) is 0 Å². The summed E-state index contributed by atoms with van der Waals surface area (Å²) in [4.78, 5) is 42.1. The van der Waals surface area contributed by atoms with E-state index in [0.29, 0.717) is 28.3 Å². The van der Waals surface area contributed by atoms with Gasteiger partial charge in [-0.3, -0.25) is 14.4 Å². The molecule has 3 aliphatic rings. The number of nitrogens with one attached hydrogen (secondary N) is 1. The molecule has 2 bridgehead atoms. The Morgan fingerprint density at radius 2 is 1.49 bits per heavy atom. The van der Waals surface area contributed by atoms with Gasteiger partial charge >= 0.3 is 0 Å². The number of ether oxygens (including phenoxy) is 2. The van der Waals surface area contributed by atoms with Crippen LogP contribution >= 0.6 is 0 Å². The molecular weight excluding hydrogens is 546 g/mol. The summed E-state index contributed by atoms with van der Waals surface area (Å²) in [6, 6.07) is 18.2. The lowest BCUT2D eigenvalue weighted by Gasteiger charge is -2.45. The maximum absolute atomic E-state index is 13.6. The Morgan fingerprint density at radius 1 is 0.884 bits per heavy atom. The third-order valence-electron chi connectivity index (χ3n) is 8.70. The lowest BCUT2D eigenvalue weighted by Crippen LogP contribution is -2.46. The summed E-state index contributed by atoms with van der Waals surface area (Å²) in [6.45, 7) is 2.85. The second-order valence-corrected chi connectivity index (χ2v) is 11.3. The van der Waals surface area contributed by atoms with Gasteiger partial charge in [-0.15, -0.1) is 0 Å². The summed E-state index contributed by atoms with van der Waals surface area (Å²) in [7, 11) is 3.19. The molecular formula is C33H35N5O5. The number of anilines is 1. The van der Waals surface area contributed by atoms with Crippen molar-refractivity contribution in [3.63, 3.8) is 0 Å². The molecule has 4 heterocycles. The largest absolute Gasteiger partial charge is 0.497 e. The second-order valence-electron chi connectivity index (χ2n) is 11.3. The highest BCUT2D eigenvalue weighted by Gasteiger charge is 2.38. The van der Waals surface area contributed by atoms with E-state index in [1.54, 1.807) is 32.4 Å². The Morgan fingerprint density at radius 3 is 2.02 bits per heavy atom. The van der Waals surface area contributed by atoms with Gasteiger partial charge in [-0.1, -0.05) is 24.3 Å². The molecule has 1 atom stereocenters. The summed E-state index contributed by atoms with van der Waals surface area (Å²) < 4.78 is 11.7. The number of hydrogen-bond donors (Lipinski definition) is 2. The number of rotatable bonds is 9. The normalized spacial score (nSPS) is 19.3. The van der Waals surface area contributed by atoms with Crippen molar-refractivity contribution < 1.29 is 23.9 Å². The minimum absolute atomic E-state index is 0.0378. The van der Waals surface area contributed by atoms with Gasteiger partial charge < -0.3 is 25.4 Å². The number of carbonyl (C=O) groups excluding carboxylic acids is 3. The van der Waals surface area contributed by atoms with Crippen molar-refractivity contribution in [2.24, 2.45) is 11.7 Å². The first-order valence-electron chi connectivity index (χ1n) is 14.5. The fraction of sp³-hybridized carbons (Fsp3) is 0.333. The molecule has 3 fully saturated rings. The number of aromatic nitrogens is 2. The van der Waals surface area contributed by atoms with Gasteiger partial charge in [0.15, 0.2) is 5.69 Å². The van der Waals surface area contributed by atoms with Gasteiger partial charge in [-0.05, 0) is 84.9 Å². The number of nitrogens with zero attached hydrogens (tertiary/aromatic N) is 3. The van der Waals surface area contributed by atoms with E-state index in [-0.39, 0.29) is 36.3 Å². The van der Waals surface area contributed by atoms with E-state index in [9.17, 15) is 14.4 Å². The number of hydrogen-bond acceptors (Lipinski definition) is 7. The van der Waals surface area contributed by atoms with E-state index in [2.05, 4.69) is 15.3 Å². The monoisotopic (exact) mass is 581 g/mol. The van der Waals surface area contributed by atoms with E-state index in [4.69, 9.17) is 15.2 Å². The molecule has 3 N–H and O–H groups in total. The second kappa shape index (κ2) is 11.9. The Bertz CT molecular complexity index is 1670. The molecule has 0 saturated carbocycles. The number of carbonyl (C=O) groups is 3. The number of methoxy groups -OCH3 is 2. The van der Waals surface area contributed by atoms with Gasteiger partial charge in [0.25, 0.3) is 11.8 Å². The first-order valence-corrected chi connectivity index (χ1v) is 14.5. The summed E-state index contributed by atoms with van der Waals surface area (Å²) in [5.74, 6) is 0.652. The number of benzene rings is 3. The van der Waals surface area contributed by atoms with E-state index in [1.165, 1.54) is 4.68 Å². The van der Waals surface area contributed by atoms with Crippen molar-refractivity contribution in [2.75, 3.05) is 39.2 Å². The van der Waals surface area contributed by atoms with Crippen molar-refractivity contribution in [2.45, 2.75) is 31.6 Å². The standard InChI is InChI=1S/C33H35N5O5/c1-42-23-7-3-20(4-8-23)17-28(39)35-26-11-12-27-31(30(26)25-19-37-15-13-22(25)14-16-37)32(33(34)41)36-38(27)29(40)18-21-5-9-24(43-2)10-6-21/h3-12,22,25H,13-19H2,1-2H3,(H2,34,41)(H,35,39)/t25-/m0/s1. The maximum Gasteiger partial charge on any atom is 0.269 e. The van der Waals surface area contributed by atoms with Crippen LogP contribution in [0.15, 0.2) is 60.7 Å². The Labute approximate surface area is 249 Å². The molecule has 3 aromatic carbocycles. The van der Waals surface area contributed by atoms with E-state index in [1.807, 2.05) is 42.5 Å². The molecule has 0 unspecified atom stereocenters. The highest BCUT2D eigenvalue weighted by molar-refractivity contribution is 6.10. The fourth-order valence-electron chi connectivity index (χ4n) is 6.50.